The highest BCUT2D eigenvalue weighted by Crippen LogP contribution is 2.44. The molecule has 2 rings (SSSR count). The minimum absolute atomic E-state index is 0.141. The smallest absolute Gasteiger partial charge is 0.307 e. The van der Waals surface area contributed by atoms with Gasteiger partial charge in [-0.1, -0.05) is 25.5 Å². The summed E-state index contributed by atoms with van der Waals surface area (Å²) in [7, 11) is 0. The van der Waals surface area contributed by atoms with Gasteiger partial charge in [-0.15, -0.1) is 0 Å². The van der Waals surface area contributed by atoms with E-state index in [-0.39, 0.29) is 17.2 Å². The Hall–Kier alpha value is -3.16. The predicted octanol–water partition coefficient (Wildman–Crippen LogP) is 3.96. The zero-order valence-corrected chi connectivity index (χ0v) is 16.6. The van der Waals surface area contributed by atoms with Gasteiger partial charge in [0.25, 0.3) is 5.69 Å². The normalized spacial score (nSPS) is 14.6. The molecule has 0 radical (unpaired) electrons. The van der Waals surface area contributed by atoms with E-state index in [9.17, 15) is 19.7 Å². The van der Waals surface area contributed by atoms with Crippen LogP contribution in [0.25, 0.3) is 0 Å². The second-order valence-electron chi connectivity index (χ2n) is 6.46. The van der Waals surface area contributed by atoms with Crippen molar-refractivity contribution < 1.29 is 24.0 Å². The van der Waals surface area contributed by atoms with Crippen LogP contribution < -0.4 is 5.32 Å². The number of ether oxygens (including phenoxy) is 2. The van der Waals surface area contributed by atoms with Crippen molar-refractivity contribution in [1.82, 2.24) is 5.32 Å². The number of nitro benzene ring substituents is 1. The summed E-state index contributed by atoms with van der Waals surface area (Å²) in [6, 6.07) is 4.69. The molecule has 28 heavy (non-hydrogen) atoms. The van der Waals surface area contributed by atoms with Crippen molar-refractivity contribution in [3.63, 3.8) is 0 Å². The van der Waals surface area contributed by atoms with E-state index < -0.39 is 22.8 Å². The van der Waals surface area contributed by atoms with Gasteiger partial charge in [0.2, 0.25) is 0 Å². The molecule has 150 valence electrons. The molecule has 0 aromatic heterocycles. The first-order valence-electron chi connectivity index (χ1n) is 9.04. The van der Waals surface area contributed by atoms with E-state index in [2.05, 4.69) is 5.32 Å². The molecule has 1 aromatic rings. The van der Waals surface area contributed by atoms with Crippen molar-refractivity contribution in [2.75, 3.05) is 0 Å². The summed E-state index contributed by atoms with van der Waals surface area (Å²) in [6.45, 7) is 8.06. The number of rotatable bonds is 6. The van der Waals surface area contributed by atoms with Gasteiger partial charge in [-0.2, -0.15) is 0 Å². The number of carbonyl (C=O) groups is 2. The fourth-order valence-corrected chi connectivity index (χ4v) is 3.20. The molecule has 1 aromatic carbocycles. The number of nitro groups is 1. The number of nitrogens with zero attached hydrogens (tertiary/aromatic N) is 1. The fourth-order valence-electron chi connectivity index (χ4n) is 3.20. The van der Waals surface area contributed by atoms with E-state index in [4.69, 9.17) is 9.47 Å². The number of hydrogen-bond donors (Lipinski definition) is 1. The van der Waals surface area contributed by atoms with Gasteiger partial charge in [0.15, 0.2) is 0 Å². The standard InChI is InChI=1S/C20H24N2O6/c1-6-15-19(27-12(4)23)18(20(28-13(5)24)16(7-2)21-15)14-10-11(3)8-9-17(14)22(25)26/h8-10,18,21H,6-7H2,1-5H3. The maximum Gasteiger partial charge on any atom is 0.307 e. The minimum Gasteiger partial charge on any atom is -0.428 e. The molecule has 0 fully saturated rings. The van der Waals surface area contributed by atoms with E-state index in [1.807, 2.05) is 13.8 Å². The van der Waals surface area contributed by atoms with Gasteiger partial charge in [0.05, 0.1) is 16.3 Å². The Balaban J connectivity index is 2.84. The lowest BCUT2D eigenvalue weighted by Gasteiger charge is -2.32. The van der Waals surface area contributed by atoms with E-state index in [0.717, 1.165) is 5.56 Å². The summed E-state index contributed by atoms with van der Waals surface area (Å²) in [4.78, 5) is 34.7. The molecule has 0 saturated carbocycles. The summed E-state index contributed by atoms with van der Waals surface area (Å²) in [5.41, 5.74) is 2.18. The molecular weight excluding hydrogens is 364 g/mol. The van der Waals surface area contributed by atoms with Gasteiger partial charge in [-0.25, -0.2) is 0 Å². The third-order valence-corrected chi connectivity index (χ3v) is 4.33. The molecule has 0 aliphatic carbocycles. The summed E-state index contributed by atoms with van der Waals surface area (Å²) < 4.78 is 10.9. The van der Waals surface area contributed by atoms with Crippen LogP contribution in [0, 0.1) is 17.0 Å². The fraction of sp³-hybridized carbons (Fsp3) is 0.400. The van der Waals surface area contributed by atoms with E-state index in [0.29, 0.717) is 29.8 Å². The van der Waals surface area contributed by atoms with E-state index in [1.54, 1.807) is 19.1 Å². The Morgan fingerprint density at radius 3 is 1.96 bits per heavy atom. The average Bonchev–Trinajstić information content (AvgIpc) is 2.60. The third-order valence-electron chi connectivity index (χ3n) is 4.33. The lowest BCUT2D eigenvalue weighted by Crippen LogP contribution is -2.30. The van der Waals surface area contributed by atoms with Crippen molar-refractivity contribution in [3.8, 4) is 0 Å². The van der Waals surface area contributed by atoms with Crippen molar-refractivity contribution >= 4 is 17.6 Å². The Bertz CT molecular complexity index is 845. The van der Waals surface area contributed by atoms with Crippen molar-refractivity contribution in [2.24, 2.45) is 0 Å². The van der Waals surface area contributed by atoms with Crippen LogP contribution in [-0.2, 0) is 19.1 Å². The minimum atomic E-state index is -0.890. The number of hydrogen-bond acceptors (Lipinski definition) is 7. The van der Waals surface area contributed by atoms with Crippen LogP contribution >= 0.6 is 0 Å². The van der Waals surface area contributed by atoms with Crippen LogP contribution in [-0.4, -0.2) is 16.9 Å². The second-order valence-corrected chi connectivity index (χ2v) is 6.46. The first-order chi connectivity index (χ1) is 13.2. The van der Waals surface area contributed by atoms with Gasteiger partial charge in [0, 0.05) is 25.5 Å². The number of allylic oxidation sites excluding steroid dienone is 2. The maximum atomic E-state index is 11.8. The van der Waals surface area contributed by atoms with E-state index >= 15 is 0 Å². The highest BCUT2D eigenvalue weighted by Gasteiger charge is 2.39. The monoisotopic (exact) mass is 388 g/mol. The molecule has 8 heteroatoms. The summed E-state index contributed by atoms with van der Waals surface area (Å²) in [5.74, 6) is -1.61. The Labute approximate surface area is 163 Å². The number of esters is 2. The van der Waals surface area contributed by atoms with Crippen LogP contribution in [0.4, 0.5) is 5.69 Å². The molecule has 0 unspecified atom stereocenters. The SMILES string of the molecule is CCC1=C(OC(C)=O)C(c2cc(C)ccc2[N+](=O)[O-])C(OC(C)=O)=C(CC)N1. The summed E-state index contributed by atoms with van der Waals surface area (Å²) in [5, 5.41) is 14.8. The molecule has 1 N–H and O–H groups in total. The number of nitrogens with one attached hydrogen (secondary N) is 1. The highest BCUT2D eigenvalue weighted by atomic mass is 16.6. The average molecular weight is 388 g/mol. The number of aryl methyl sites for hydroxylation is 1. The molecular formula is C20H24N2O6. The first kappa shape index (κ1) is 21.1. The lowest BCUT2D eigenvalue weighted by atomic mass is 9.87. The quantitative estimate of drug-likeness (QED) is 0.446. The van der Waals surface area contributed by atoms with Gasteiger partial charge in [-0.05, 0) is 25.8 Å². The Kier molecular flexibility index (Phi) is 6.56. The maximum absolute atomic E-state index is 11.8. The summed E-state index contributed by atoms with van der Waals surface area (Å²) >= 11 is 0. The molecule has 1 aliphatic rings. The van der Waals surface area contributed by atoms with Crippen LogP contribution in [0.1, 0.15) is 57.6 Å². The molecule has 8 nitrogen and oxygen atoms in total. The summed E-state index contributed by atoms with van der Waals surface area (Å²) in [6.07, 6.45) is 0.991. The topological polar surface area (TPSA) is 108 Å². The van der Waals surface area contributed by atoms with Crippen LogP contribution in [0.2, 0.25) is 0 Å². The molecule has 0 bridgehead atoms. The zero-order valence-electron chi connectivity index (χ0n) is 16.6. The number of carbonyl (C=O) groups excluding carboxylic acids is 2. The Morgan fingerprint density at radius 1 is 1.07 bits per heavy atom. The molecule has 0 saturated heterocycles. The molecule has 0 amide bonds. The van der Waals surface area contributed by atoms with Crippen LogP contribution in [0.15, 0.2) is 41.1 Å². The zero-order chi connectivity index (χ0) is 21.0. The largest absolute Gasteiger partial charge is 0.428 e. The molecule has 1 aliphatic heterocycles. The Morgan fingerprint density at radius 2 is 1.57 bits per heavy atom. The van der Waals surface area contributed by atoms with Crippen molar-refractivity contribution in [2.45, 2.75) is 53.4 Å². The van der Waals surface area contributed by atoms with E-state index in [1.165, 1.54) is 19.9 Å². The highest BCUT2D eigenvalue weighted by molar-refractivity contribution is 5.70. The third kappa shape index (κ3) is 4.39. The van der Waals surface area contributed by atoms with Crippen molar-refractivity contribution in [1.29, 1.82) is 0 Å². The number of dihydropyridines is 1. The van der Waals surface area contributed by atoms with Gasteiger partial charge in [-0.3, -0.25) is 19.7 Å². The second kappa shape index (κ2) is 8.69. The van der Waals surface area contributed by atoms with Crippen LogP contribution in [0.5, 0.6) is 0 Å². The van der Waals surface area contributed by atoms with Gasteiger partial charge >= 0.3 is 11.9 Å². The van der Waals surface area contributed by atoms with Crippen molar-refractivity contribution in [3.05, 3.63) is 62.4 Å². The molecule has 0 atom stereocenters. The predicted molar refractivity (Wildman–Crippen MR) is 102 cm³/mol. The van der Waals surface area contributed by atoms with Crippen LogP contribution in [0.3, 0.4) is 0 Å². The molecule has 1 heterocycles. The van der Waals surface area contributed by atoms with Gasteiger partial charge in [0.1, 0.15) is 17.4 Å². The first-order valence-corrected chi connectivity index (χ1v) is 9.04. The molecule has 0 spiro atoms. The lowest BCUT2D eigenvalue weighted by molar-refractivity contribution is -0.385. The number of benzene rings is 1. The van der Waals surface area contributed by atoms with Gasteiger partial charge < -0.3 is 14.8 Å².